The fourth-order valence-corrected chi connectivity index (χ4v) is 3.82. The van der Waals surface area contributed by atoms with Crippen molar-refractivity contribution in [2.45, 2.75) is 26.8 Å². The third-order valence-electron chi connectivity index (χ3n) is 3.31. The van der Waals surface area contributed by atoms with E-state index < -0.39 is 12.6 Å². The highest BCUT2D eigenvalue weighted by molar-refractivity contribution is 9.10. The van der Waals surface area contributed by atoms with Crippen molar-refractivity contribution < 1.29 is 29.0 Å². The second-order valence-corrected chi connectivity index (χ2v) is 7.44. The molecule has 1 aliphatic heterocycles. The van der Waals surface area contributed by atoms with Crippen molar-refractivity contribution in [3.05, 3.63) is 27.1 Å². The molecule has 2 amide bonds. The maximum atomic E-state index is 12.4. The van der Waals surface area contributed by atoms with E-state index in [0.29, 0.717) is 27.3 Å². The van der Waals surface area contributed by atoms with Crippen LogP contribution >= 0.6 is 27.7 Å². The van der Waals surface area contributed by atoms with Crippen molar-refractivity contribution in [3.8, 4) is 11.5 Å². The Morgan fingerprint density at radius 3 is 2.58 bits per heavy atom. The molecule has 0 saturated carbocycles. The van der Waals surface area contributed by atoms with Crippen LogP contribution < -0.4 is 9.47 Å². The van der Waals surface area contributed by atoms with E-state index in [4.69, 9.17) is 14.6 Å². The highest BCUT2D eigenvalue weighted by Gasteiger charge is 2.36. The van der Waals surface area contributed by atoms with Gasteiger partial charge < -0.3 is 14.6 Å². The Balaban J connectivity index is 2.37. The molecule has 0 spiro atoms. The van der Waals surface area contributed by atoms with E-state index in [-0.39, 0.29) is 22.9 Å². The van der Waals surface area contributed by atoms with E-state index in [1.807, 2.05) is 0 Å². The molecule has 1 aromatic carbocycles. The summed E-state index contributed by atoms with van der Waals surface area (Å²) in [6.45, 7) is 5.18. The normalized spacial score (nSPS) is 15.9. The highest BCUT2D eigenvalue weighted by Crippen LogP contribution is 2.39. The maximum Gasteiger partial charge on any atom is 0.341 e. The topological polar surface area (TPSA) is 93.1 Å². The monoisotopic (exact) mass is 443 g/mol. The van der Waals surface area contributed by atoms with Gasteiger partial charge in [-0.1, -0.05) is 0 Å². The van der Waals surface area contributed by atoms with Gasteiger partial charge in [0.25, 0.3) is 11.1 Å². The lowest BCUT2D eigenvalue weighted by molar-refractivity contribution is -0.139. The van der Waals surface area contributed by atoms with Gasteiger partial charge in [-0.3, -0.25) is 14.5 Å². The van der Waals surface area contributed by atoms with Gasteiger partial charge in [0.2, 0.25) is 0 Å². The molecule has 0 aromatic heterocycles. The summed E-state index contributed by atoms with van der Waals surface area (Å²) in [6, 6.07) is 3.09. The van der Waals surface area contributed by atoms with E-state index in [9.17, 15) is 14.4 Å². The van der Waals surface area contributed by atoms with Gasteiger partial charge in [0.15, 0.2) is 18.1 Å². The number of benzene rings is 1. The molecule has 1 aromatic rings. The van der Waals surface area contributed by atoms with E-state index in [1.165, 1.54) is 4.90 Å². The molecular formula is C17H18BrNO6S. The van der Waals surface area contributed by atoms with Crippen LogP contribution in [0.15, 0.2) is 21.5 Å². The Bertz CT molecular complexity index is 777. The van der Waals surface area contributed by atoms with Gasteiger partial charge in [0, 0.05) is 6.04 Å². The summed E-state index contributed by atoms with van der Waals surface area (Å²) in [7, 11) is 0. The van der Waals surface area contributed by atoms with Crippen LogP contribution in [0.5, 0.6) is 11.5 Å². The molecule has 0 unspecified atom stereocenters. The predicted octanol–water partition coefficient (Wildman–Crippen LogP) is 3.76. The van der Waals surface area contributed by atoms with Gasteiger partial charge in [0.1, 0.15) is 0 Å². The molecule has 140 valence electrons. The molecule has 0 atom stereocenters. The van der Waals surface area contributed by atoms with E-state index >= 15 is 0 Å². The van der Waals surface area contributed by atoms with E-state index in [1.54, 1.807) is 39.0 Å². The van der Waals surface area contributed by atoms with Crippen LogP contribution in [0.4, 0.5) is 4.79 Å². The predicted molar refractivity (Wildman–Crippen MR) is 101 cm³/mol. The first-order valence-electron chi connectivity index (χ1n) is 7.82. The fraction of sp³-hybridized carbons (Fsp3) is 0.353. The number of carboxylic acids is 1. The Hall–Kier alpha value is -2.00. The Morgan fingerprint density at radius 1 is 1.35 bits per heavy atom. The van der Waals surface area contributed by atoms with Crippen LogP contribution in [0, 0.1) is 0 Å². The highest BCUT2D eigenvalue weighted by atomic mass is 79.9. The third-order valence-corrected chi connectivity index (χ3v) is 4.78. The van der Waals surface area contributed by atoms with Crippen molar-refractivity contribution in [2.75, 3.05) is 13.2 Å². The van der Waals surface area contributed by atoms with Crippen LogP contribution in [0.2, 0.25) is 0 Å². The molecule has 9 heteroatoms. The van der Waals surface area contributed by atoms with E-state index in [2.05, 4.69) is 15.9 Å². The number of hydrogen-bond acceptors (Lipinski definition) is 6. The molecule has 7 nitrogen and oxygen atoms in total. The van der Waals surface area contributed by atoms with Crippen LogP contribution in [-0.4, -0.2) is 46.4 Å². The van der Waals surface area contributed by atoms with E-state index in [0.717, 1.165) is 11.8 Å². The number of hydrogen-bond donors (Lipinski definition) is 1. The zero-order valence-electron chi connectivity index (χ0n) is 14.4. The van der Waals surface area contributed by atoms with Crippen LogP contribution in [0.25, 0.3) is 6.08 Å². The van der Waals surface area contributed by atoms with Crippen LogP contribution in [-0.2, 0) is 9.59 Å². The lowest BCUT2D eigenvalue weighted by Gasteiger charge is -2.16. The Labute approximate surface area is 163 Å². The smallest absolute Gasteiger partial charge is 0.341 e. The Kier molecular flexibility index (Phi) is 6.71. The average molecular weight is 444 g/mol. The van der Waals surface area contributed by atoms with Crippen molar-refractivity contribution in [2.24, 2.45) is 0 Å². The molecule has 0 bridgehead atoms. The minimum atomic E-state index is -1.11. The van der Waals surface area contributed by atoms with Crippen molar-refractivity contribution in [1.82, 2.24) is 4.90 Å². The number of amides is 2. The lowest BCUT2D eigenvalue weighted by atomic mass is 10.1. The number of ether oxygens (including phenoxy) is 2. The zero-order chi connectivity index (χ0) is 19.4. The number of carboxylic acid groups (broad SMARTS) is 1. The molecule has 1 fully saturated rings. The molecule has 0 aliphatic carbocycles. The van der Waals surface area contributed by atoms with Crippen LogP contribution in [0.3, 0.4) is 0 Å². The van der Waals surface area contributed by atoms with Crippen LogP contribution in [0.1, 0.15) is 26.3 Å². The van der Waals surface area contributed by atoms with Crippen molar-refractivity contribution >= 4 is 50.9 Å². The number of halogens is 1. The SMILES string of the molecule is CCOc1cc(/C=C2/SC(=O)N(C(C)C)C2=O)cc(Br)c1OCC(=O)O. The standard InChI is InChI=1S/C17H18BrNO6S/c1-4-24-12-6-10(5-11(18)15(12)25-8-14(20)21)7-13-16(22)19(9(2)3)17(23)26-13/h5-7,9H,4,8H2,1-3H3,(H,20,21)/b13-7+. The summed E-state index contributed by atoms with van der Waals surface area (Å²) < 4.78 is 11.3. The number of carbonyl (C=O) groups excluding carboxylic acids is 2. The maximum absolute atomic E-state index is 12.4. The quantitative estimate of drug-likeness (QED) is 0.641. The molecule has 1 N–H and O–H groups in total. The average Bonchev–Trinajstić information content (AvgIpc) is 2.80. The molecule has 1 heterocycles. The number of rotatable bonds is 7. The first-order valence-corrected chi connectivity index (χ1v) is 9.43. The van der Waals surface area contributed by atoms with Gasteiger partial charge in [0.05, 0.1) is 16.0 Å². The number of thioether (sulfide) groups is 1. The van der Waals surface area contributed by atoms with Gasteiger partial charge in [-0.15, -0.1) is 0 Å². The molecular weight excluding hydrogens is 426 g/mol. The summed E-state index contributed by atoms with van der Waals surface area (Å²) in [6.07, 6.45) is 1.60. The first kappa shape index (κ1) is 20.3. The number of carbonyl (C=O) groups is 3. The van der Waals surface area contributed by atoms with Gasteiger partial charge >= 0.3 is 5.97 Å². The molecule has 0 radical (unpaired) electrons. The van der Waals surface area contributed by atoms with Crippen molar-refractivity contribution in [3.63, 3.8) is 0 Å². The summed E-state index contributed by atoms with van der Waals surface area (Å²) in [5.41, 5.74) is 0.622. The molecule has 1 aliphatic rings. The largest absolute Gasteiger partial charge is 0.490 e. The zero-order valence-corrected chi connectivity index (χ0v) is 16.8. The second kappa shape index (κ2) is 8.59. The summed E-state index contributed by atoms with van der Waals surface area (Å²) in [5, 5.41) is 8.48. The van der Waals surface area contributed by atoms with Gasteiger partial charge in [-0.2, -0.15) is 0 Å². The summed E-state index contributed by atoms with van der Waals surface area (Å²) in [4.78, 5) is 36.6. The second-order valence-electron chi connectivity index (χ2n) is 5.59. The first-order chi connectivity index (χ1) is 12.2. The Morgan fingerprint density at radius 2 is 2.04 bits per heavy atom. The summed E-state index contributed by atoms with van der Waals surface area (Å²) >= 11 is 4.22. The fourth-order valence-electron chi connectivity index (χ4n) is 2.28. The minimum absolute atomic E-state index is 0.217. The molecule has 2 rings (SSSR count). The lowest BCUT2D eigenvalue weighted by Crippen LogP contribution is -2.34. The minimum Gasteiger partial charge on any atom is -0.490 e. The van der Waals surface area contributed by atoms with Gasteiger partial charge in [-0.05, 0) is 72.2 Å². The number of aliphatic carboxylic acids is 1. The number of nitrogens with zero attached hydrogens (tertiary/aromatic N) is 1. The van der Waals surface area contributed by atoms with Gasteiger partial charge in [-0.25, -0.2) is 4.79 Å². The number of imide groups is 1. The third kappa shape index (κ3) is 4.59. The van der Waals surface area contributed by atoms with Crippen molar-refractivity contribution in [1.29, 1.82) is 0 Å². The molecule has 1 saturated heterocycles. The molecule has 26 heavy (non-hydrogen) atoms. The summed E-state index contributed by atoms with van der Waals surface area (Å²) in [5.74, 6) is -0.833.